The van der Waals surface area contributed by atoms with E-state index in [0.29, 0.717) is 11.1 Å². The van der Waals surface area contributed by atoms with E-state index in [9.17, 15) is 14.9 Å². The molecule has 5 nitrogen and oxygen atoms in total. The summed E-state index contributed by atoms with van der Waals surface area (Å²) in [5, 5.41) is 10.8. The normalized spacial score (nSPS) is 14.6. The van der Waals surface area contributed by atoms with Crippen LogP contribution < -0.4 is 0 Å². The number of nitrogens with zero attached hydrogens (tertiary/aromatic N) is 1. The first-order chi connectivity index (χ1) is 11.8. The molecule has 0 aliphatic carbocycles. The van der Waals surface area contributed by atoms with Gasteiger partial charge in [0.1, 0.15) is 6.61 Å². The van der Waals surface area contributed by atoms with Gasteiger partial charge < -0.3 is 4.74 Å². The number of carbonyl (C=O) groups excluding carboxylic acids is 1. The van der Waals surface area contributed by atoms with E-state index in [1.807, 2.05) is 12.1 Å². The Kier molecular flexibility index (Phi) is 4.17. The average molecular weight is 337 g/mol. The highest BCUT2D eigenvalue weighted by atomic mass is 16.6. The molecule has 5 heteroatoms. The monoisotopic (exact) mass is 337 g/mol. The summed E-state index contributed by atoms with van der Waals surface area (Å²) in [6.45, 7) is 6.64. The van der Waals surface area contributed by atoms with Gasteiger partial charge in [-0.05, 0) is 34.2 Å². The van der Waals surface area contributed by atoms with Gasteiger partial charge in [0.25, 0.3) is 5.69 Å². The van der Waals surface area contributed by atoms with Crippen LogP contribution in [0.1, 0.15) is 37.5 Å². The Morgan fingerprint density at radius 3 is 2.04 bits per heavy atom. The van der Waals surface area contributed by atoms with Crippen LogP contribution in [0, 0.1) is 10.1 Å². The highest BCUT2D eigenvalue weighted by Gasteiger charge is 2.27. The molecule has 0 unspecified atom stereocenters. The van der Waals surface area contributed by atoms with Crippen LogP contribution in [-0.4, -0.2) is 17.5 Å². The fraction of sp³-hybridized carbons (Fsp3) is 0.250. The van der Waals surface area contributed by atoms with Crippen molar-refractivity contribution in [3.63, 3.8) is 0 Å². The van der Waals surface area contributed by atoms with E-state index in [1.165, 1.54) is 17.7 Å². The zero-order valence-electron chi connectivity index (χ0n) is 14.4. The zero-order valence-corrected chi connectivity index (χ0v) is 14.4. The van der Waals surface area contributed by atoms with E-state index in [4.69, 9.17) is 4.74 Å². The average Bonchev–Trinajstić information content (AvgIpc) is 2.96. The first kappa shape index (κ1) is 16.9. The van der Waals surface area contributed by atoms with Crippen molar-refractivity contribution in [1.82, 2.24) is 0 Å². The molecule has 0 bridgehead atoms. The lowest BCUT2D eigenvalue weighted by Crippen LogP contribution is -2.10. The Bertz CT molecular complexity index is 856. The van der Waals surface area contributed by atoms with E-state index < -0.39 is 10.9 Å². The minimum absolute atomic E-state index is 0.00760. The van der Waals surface area contributed by atoms with Crippen molar-refractivity contribution >= 4 is 22.8 Å². The van der Waals surface area contributed by atoms with Crippen LogP contribution in [0.25, 0.3) is 11.1 Å². The molecule has 0 saturated heterocycles. The van der Waals surface area contributed by atoms with Crippen LogP contribution in [0.4, 0.5) is 5.69 Å². The van der Waals surface area contributed by atoms with Crippen LogP contribution in [-0.2, 0) is 14.9 Å². The van der Waals surface area contributed by atoms with E-state index >= 15 is 0 Å². The van der Waals surface area contributed by atoms with Crippen LogP contribution in [0.3, 0.4) is 0 Å². The molecule has 1 aliphatic rings. The minimum atomic E-state index is -0.461. The molecule has 0 N–H and O–H groups in total. The fourth-order valence-corrected chi connectivity index (χ4v) is 2.85. The van der Waals surface area contributed by atoms with Gasteiger partial charge in [0.05, 0.1) is 10.5 Å². The van der Waals surface area contributed by atoms with Crippen molar-refractivity contribution in [2.45, 2.75) is 26.2 Å². The lowest BCUT2D eigenvalue weighted by atomic mass is 9.86. The number of esters is 1. The molecular formula is C20H19NO4. The van der Waals surface area contributed by atoms with Gasteiger partial charge in [-0.2, -0.15) is 0 Å². The van der Waals surface area contributed by atoms with Crippen molar-refractivity contribution < 1.29 is 14.5 Å². The van der Waals surface area contributed by atoms with Crippen LogP contribution in [0.2, 0.25) is 0 Å². The number of rotatable bonds is 3. The third kappa shape index (κ3) is 3.31. The van der Waals surface area contributed by atoms with Gasteiger partial charge in [0.15, 0.2) is 0 Å². The topological polar surface area (TPSA) is 69.4 Å². The first-order valence-corrected chi connectivity index (χ1v) is 8.03. The van der Waals surface area contributed by atoms with Crippen molar-refractivity contribution in [2.24, 2.45) is 0 Å². The number of benzene rings is 2. The van der Waals surface area contributed by atoms with Crippen molar-refractivity contribution in [2.75, 3.05) is 6.61 Å². The summed E-state index contributed by atoms with van der Waals surface area (Å²) in [6, 6.07) is 14.1. The Morgan fingerprint density at radius 2 is 1.52 bits per heavy atom. The first-order valence-electron chi connectivity index (χ1n) is 8.03. The minimum Gasteiger partial charge on any atom is -0.457 e. The molecule has 0 fully saturated rings. The van der Waals surface area contributed by atoms with Crippen molar-refractivity contribution in [3.05, 3.63) is 75.3 Å². The van der Waals surface area contributed by atoms with Crippen LogP contribution in [0.15, 0.2) is 48.5 Å². The van der Waals surface area contributed by atoms with Gasteiger partial charge in [-0.1, -0.05) is 45.0 Å². The SMILES string of the molecule is CC(C)(C)c1ccc(C2=C(c3ccc([N+](=O)[O-])cc3)C(=O)OC2)cc1. The maximum atomic E-state index is 12.2. The number of ether oxygens (including phenoxy) is 1. The molecule has 0 amide bonds. The highest BCUT2D eigenvalue weighted by Crippen LogP contribution is 2.34. The van der Waals surface area contributed by atoms with Crippen molar-refractivity contribution in [1.29, 1.82) is 0 Å². The molecule has 0 radical (unpaired) electrons. The molecular weight excluding hydrogens is 318 g/mol. The second kappa shape index (κ2) is 6.16. The molecule has 1 heterocycles. The molecule has 0 aromatic heterocycles. The molecule has 25 heavy (non-hydrogen) atoms. The Hall–Kier alpha value is -2.95. The van der Waals surface area contributed by atoms with Gasteiger partial charge in [-0.25, -0.2) is 4.79 Å². The summed E-state index contributed by atoms with van der Waals surface area (Å²) in [6.07, 6.45) is 0. The Labute approximate surface area is 146 Å². The third-order valence-electron chi connectivity index (χ3n) is 4.32. The van der Waals surface area contributed by atoms with Gasteiger partial charge in [-0.3, -0.25) is 10.1 Å². The molecule has 128 valence electrons. The van der Waals surface area contributed by atoms with Gasteiger partial charge in [0.2, 0.25) is 0 Å². The zero-order chi connectivity index (χ0) is 18.2. The van der Waals surface area contributed by atoms with Gasteiger partial charge in [-0.15, -0.1) is 0 Å². The summed E-state index contributed by atoms with van der Waals surface area (Å²) in [5.74, 6) is -0.399. The second-order valence-electron chi connectivity index (χ2n) is 7.06. The van der Waals surface area contributed by atoms with Crippen LogP contribution in [0.5, 0.6) is 0 Å². The van der Waals surface area contributed by atoms with E-state index in [-0.39, 0.29) is 17.7 Å². The van der Waals surface area contributed by atoms with Crippen LogP contribution >= 0.6 is 0 Å². The largest absolute Gasteiger partial charge is 0.457 e. The summed E-state index contributed by atoms with van der Waals surface area (Å²) in [4.78, 5) is 22.5. The number of cyclic esters (lactones) is 1. The number of hydrogen-bond donors (Lipinski definition) is 0. The molecule has 0 saturated carbocycles. The predicted octanol–water partition coefficient (Wildman–Crippen LogP) is 4.36. The van der Waals surface area contributed by atoms with E-state index in [1.54, 1.807) is 12.1 Å². The molecule has 2 aromatic rings. The number of hydrogen-bond acceptors (Lipinski definition) is 4. The summed E-state index contributed by atoms with van der Waals surface area (Å²) in [5.41, 5.74) is 4.08. The highest BCUT2D eigenvalue weighted by molar-refractivity contribution is 6.27. The smallest absolute Gasteiger partial charge is 0.339 e. The summed E-state index contributed by atoms with van der Waals surface area (Å²) in [7, 11) is 0. The summed E-state index contributed by atoms with van der Waals surface area (Å²) >= 11 is 0. The molecule has 3 rings (SSSR count). The number of nitro benzene ring substituents is 1. The standard InChI is InChI=1S/C20H19NO4/c1-20(2,3)15-8-4-13(5-9-15)17-12-25-19(22)18(17)14-6-10-16(11-7-14)21(23)24/h4-11H,12H2,1-3H3. The number of non-ortho nitro benzene ring substituents is 1. The third-order valence-corrected chi connectivity index (χ3v) is 4.32. The lowest BCUT2D eigenvalue weighted by molar-refractivity contribution is -0.384. The number of nitro groups is 1. The molecule has 1 aliphatic heterocycles. The second-order valence-corrected chi connectivity index (χ2v) is 7.06. The number of carbonyl (C=O) groups is 1. The maximum absolute atomic E-state index is 12.2. The molecule has 0 spiro atoms. The summed E-state index contributed by atoms with van der Waals surface area (Å²) < 4.78 is 5.22. The maximum Gasteiger partial charge on any atom is 0.339 e. The lowest BCUT2D eigenvalue weighted by Gasteiger charge is -2.19. The van der Waals surface area contributed by atoms with Crippen molar-refractivity contribution in [3.8, 4) is 0 Å². The van der Waals surface area contributed by atoms with Gasteiger partial charge in [0, 0.05) is 17.7 Å². The van der Waals surface area contributed by atoms with Gasteiger partial charge >= 0.3 is 5.97 Å². The van der Waals surface area contributed by atoms with E-state index in [0.717, 1.165) is 11.1 Å². The predicted molar refractivity (Wildman–Crippen MR) is 96.0 cm³/mol. The van der Waals surface area contributed by atoms with E-state index in [2.05, 4.69) is 32.9 Å². The molecule has 0 atom stereocenters. The Balaban J connectivity index is 2.03. The Morgan fingerprint density at radius 1 is 0.960 bits per heavy atom. The fourth-order valence-electron chi connectivity index (χ4n) is 2.85. The molecule has 2 aromatic carbocycles. The quantitative estimate of drug-likeness (QED) is 0.474.